The van der Waals surface area contributed by atoms with E-state index in [0.29, 0.717) is 17.8 Å². The molecule has 25 heavy (non-hydrogen) atoms. The first-order valence-corrected chi connectivity index (χ1v) is 8.33. The zero-order valence-electron chi connectivity index (χ0n) is 14.0. The highest BCUT2D eigenvalue weighted by Gasteiger charge is 2.14. The third-order valence-corrected chi connectivity index (χ3v) is 4.43. The van der Waals surface area contributed by atoms with Crippen molar-refractivity contribution in [3.05, 3.63) is 100 Å². The van der Waals surface area contributed by atoms with E-state index < -0.39 is 0 Å². The molecule has 0 amide bonds. The van der Waals surface area contributed by atoms with Gasteiger partial charge >= 0.3 is 0 Å². The molecular weight excluding hydrogens is 308 g/mol. The molecule has 0 fully saturated rings. The van der Waals surface area contributed by atoms with Gasteiger partial charge in [0.25, 0.3) is 5.56 Å². The fourth-order valence-corrected chi connectivity index (χ4v) is 3.11. The van der Waals surface area contributed by atoms with E-state index in [0.717, 1.165) is 22.2 Å². The van der Waals surface area contributed by atoms with Crippen LogP contribution in [0, 0.1) is 6.92 Å². The van der Waals surface area contributed by atoms with Crippen LogP contribution < -0.4 is 5.56 Å². The van der Waals surface area contributed by atoms with Gasteiger partial charge in [-0.15, -0.1) is 0 Å². The fourth-order valence-electron chi connectivity index (χ4n) is 3.11. The second kappa shape index (κ2) is 6.36. The van der Waals surface area contributed by atoms with Gasteiger partial charge in [-0.3, -0.25) is 9.36 Å². The molecule has 0 bridgehead atoms. The number of hydrogen-bond acceptors (Lipinski definition) is 2. The van der Waals surface area contributed by atoms with Crippen LogP contribution in [0.3, 0.4) is 0 Å². The minimum absolute atomic E-state index is 0.00675. The van der Waals surface area contributed by atoms with Crippen LogP contribution in [0.5, 0.6) is 0 Å². The Balaban J connectivity index is 2.01. The Hall–Kier alpha value is -3.20. The van der Waals surface area contributed by atoms with Gasteiger partial charge < -0.3 is 0 Å². The third-order valence-electron chi connectivity index (χ3n) is 4.43. The summed E-state index contributed by atoms with van der Waals surface area (Å²) in [6.45, 7) is 2.55. The van der Waals surface area contributed by atoms with Crippen molar-refractivity contribution >= 4 is 10.9 Å². The van der Waals surface area contributed by atoms with Gasteiger partial charge in [0.2, 0.25) is 0 Å². The molecule has 3 nitrogen and oxygen atoms in total. The molecule has 0 atom stereocenters. The molecule has 3 heteroatoms. The van der Waals surface area contributed by atoms with E-state index in [1.807, 2.05) is 85.8 Å². The van der Waals surface area contributed by atoms with Crippen molar-refractivity contribution < 1.29 is 0 Å². The third kappa shape index (κ3) is 2.85. The summed E-state index contributed by atoms with van der Waals surface area (Å²) >= 11 is 0. The summed E-state index contributed by atoms with van der Waals surface area (Å²) in [5.41, 5.74) is 3.90. The van der Waals surface area contributed by atoms with Gasteiger partial charge in [-0.05, 0) is 30.2 Å². The molecular formula is C22H18N2O. The molecule has 4 rings (SSSR count). The number of aromatic nitrogens is 2. The molecule has 0 saturated heterocycles. The van der Waals surface area contributed by atoms with Crippen molar-refractivity contribution in [3.63, 3.8) is 0 Å². The molecule has 0 saturated carbocycles. The van der Waals surface area contributed by atoms with E-state index in [1.165, 1.54) is 0 Å². The van der Waals surface area contributed by atoms with Gasteiger partial charge in [0.05, 0.1) is 17.4 Å². The number of aryl methyl sites for hydroxylation is 1. The highest BCUT2D eigenvalue weighted by molar-refractivity contribution is 5.80. The van der Waals surface area contributed by atoms with E-state index in [9.17, 15) is 4.79 Å². The highest BCUT2D eigenvalue weighted by atomic mass is 16.1. The van der Waals surface area contributed by atoms with Gasteiger partial charge in [0.15, 0.2) is 0 Å². The average Bonchev–Trinajstić information content (AvgIpc) is 2.65. The molecule has 0 aliphatic heterocycles. The summed E-state index contributed by atoms with van der Waals surface area (Å²) in [6.07, 6.45) is 0. The number of benzene rings is 3. The summed E-state index contributed by atoms with van der Waals surface area (Å²) in [4.78, 5) is 18.0. The van der Waals surface area contributed by atoms with Gasteiger partial charge in [-0.25, -0.2) is 4.98 Å². The van der Waals surface area contributed by atoms with Crippen LogP contribution in [-0.4, -0.2) is 9.55 Å². The molecule has 0 unspecified atom stereocenters. The molecule has 122 valence electrons. The average molecular weight is 326 g/mol. The quantitative estimate of drug-likeness (QED) is 0.558. The zero-order valence-corrected chi connectivity index (χ0v) is 14.0. The lowest BCUT2D eigenvalue weighted by molar-refractivity contribution is 0.759. The Morgan fingerprint density at radius 2 is 1.52 bits per heavy atom. The van der Waals surface area contributed by atoms with Crippen LogP contribution in [0.15, 0.2) is 83.7 Å². The van der Waals surface area contributed by atoms with Crippen LogP contribution >= 0.6 is 0 Å². The Morgan fingerprint density at radius 1 is 0.840 bits per heavy atom. The molecule has 3 aromatic carbocycles. The van der Waals surface area contributed by atoms with Crippen LogP contribution in [0.1, 0.15) is 11.1 Å². The minimum atomic E-state index is -0.00675. The summed E-state index contributed by atoms with van der Waals surface area (Å²) < 4.78 is 1.78. The second-order valence-electron chi connectivity index (χ2n) is 6.14. The molecule has 0 radical (unpaired) electrons. The summed E-state index contributed by atoms with van der Waals surface area (Å²) in [5, 5.41) is 0.649. The SMILES string of the molecule is Cc1ccccc1-c1nc2ccccc2c(=O)n1Cc1ccccc1. The monoisotopic (exact) mass is 326 g/mol. The second-order valence-corrected chi connectivity index (χ2v) is 6.14. The smallest absolute Gasteiger partial charge is 0.261 e. The van der Waals surface area contributed by atoms with Crippen molar-refractivity contribution in [1.82, 2.24) is 9.55 Å². The Kier molecular flexibility index (Phi) is 3.90. The maximum atomic E-state index is 13.2. The van der Waals surface area contributed by atoms with Crippen LogP contribution in [-0.2, 0) is 6.54 Å². The summed E-state index contributed by atoms with van der Waals surface area (Å²) in [7, 11) is 0. The van der Waals surface area contributed by atoms with E-state index in [1.54, 1.807) is 4.57 Å². The number of hydrogen-bond donors (Lipinski definition) is 0. The number of nitrogens with zero attached hydrogens (tertiary/aromatic N) is 2. The predicted molar refractivity (Wildman–Crippen MR) is 102 cm³/mol. The molecule has 1 heterocycles. The maximum absolute atomic E-state index is 13.2. The maximum Gasteiger partial charge on any atom is 0.261 e. The fraction of sp³-hybridized carbons (Fsp3) is 0.0909. The predicted octanol–water partition coefficient (Wildman–Crippen LogP) is 4.42. The Morgan fingerprint density at radius 3 is 2.32 bits per heavy atom. The first kappa shape index (κ1) is 15.3. The van der Waals surface area contributed by atoms with E-state index in [-0.39, 0.29) is 5.56 Å². The molecule has 0 N–H and O–H groups in total. The summed E-state index contributed by atoms with van der Waals surface area (Å²) in [6, 6.07) is 25.6. The largest absolute Gasteiger partial charge is 0.288 e. The van der Waals surface area contributed by atoms with E-state index in [4.69, 9.17) is 4.98 Å². The number of fused-ring (bicyclic) bond motifs is 1. The number of para-hydroxylation sites is 1. The topological polar surface area (TPSA) is 34.9 Å². The lowest BCUT2D eigenvalue weighted by Crippen LogP contribution is -2.24. The zero-order chi connectivity index (χ0) is 17.2. The summed E-state index contributed by atoms with van der Waals surface area (Å²) in [5.74, 6) is 0.714. The van der Waals surface area contributed by atoms with Crippen molar-refractivity contribution in [2.45, 2.75) is 13.5 Å². The standard InChI is InChI=1S/C22H18N2O/c1-16-9-5-6-12-18(16)21-23-20-14-8-7-13-19(20)22(25)24(21)15-17-10-3-2-4-11-17/h2-14H,15H2,1H3. The van der Waals surface area contributed by atoms with Crippen molar-refractivity contribution in [2.75, 3.05) is 0 Å². The Bertz CT molecular complexity index is 1100. The van der Waals surface area contributed by atoms with Gasteiger partial charge in [-0.1, -0.05) is 66.7 Å². The first-order chi connectivity index (χ1) is 12.2. The van der Waals surface area contributed by atoms with Crippen LogP contribution in [0.25, 0.3) is 22.3 Å². The van der Waals surface area contributed by atoms with Gasteiger partial charge in [0.1, 0.15) is 5.82 Å². The van der Waals surface area contributed by atoms with E-state index >= 15 is 0 Å². The van der Waals surface area contributed by atoms with Crippen LogP contribution in [0.2, 0.25) is 0 Å². The lowest BCUT2D eigenvalue weighted by Gasteiger charge is -2.15. The van der Waals surface area contributed by atoms with E-state index in [2.05, 4.69) is 0 Å². The minimum Gasteiger partial charge on any atom is -0.288 e. The lowest BCUT2D eigenvalue weighted by atomic mass is 10.1. The van der Waals surface area contributed by atoms with Crippen molar-refractivity contribution in [3.8, 4) is 11.4 Å². The van der Waals surface area contributed by atoms with Gasteiger partial charge in [-0.2, -0.15) is 0 Å². The van der Waals surface area contributed by atoms with Gasteiger partial charge in [0, 0.05) is 5.56 Å². The highest BCUT2D eigenvalue weighted by Crippen LogP contribution is 2.23. The molecule has 0 aliphatic carbocycles. The van der Waals surface area contributed by atoms with Crippen molar-refractivity contribution in [2.24, 2.45) is 0 Å². The molecule has 4 aromatic rings. The van der Waals surface area contributed by atoms with Crippen LogP contribution in [0.4, 0.5) is 0 Å². The van der Waals surface area contributed by atoms with Crippen molar-refractivity contribution in [1.29, 1.82) is 0 Å². The molecule has 0 aliphatic rings. The first-order valence-electron chi connectivity index (χ1n) is 8.33. The molecule has 0 spiro atoms. The number of rotatable bonds is 3. The Labute approximate surface area is 146 Å². The normalized spacial score (nSPS) is 10.9. The molecule has 1 aromatic heterocycles.